The number of aryl methyl sites for hydroxylation is 2. The van der Waals surface area contributed by atoms with Crippen LogP contribution in [0.3, 0.4) is 0 Å². The first kappa shape index (κ1) is 24.2. The van der Waals surface area contributed by atoms with E-state index >= 15 is 0 Å². The molecule has 0 nitrogen and oxygen atoms in total. The topological polar surface area (TPSA) is 0 Å². The average molecular weight is 529 g/mol. The molecule has 0 heterocycles. The van der Waals surface area contributed by atoms with E-state index in [0.717, 1.165) is 0 Å². The summed E-state index contributed by atoms with van der Waals surface area (Å²) in [6.45, 7) is 4.96. The number of hydrogen-bond donors (Lipinski definition) is 0. The first-order chi connectivity index (χ1) is 13.5. The number of unbranched alkanes of at least 4 members (excludes halogenated alkanes) is 3. The molecule has 0 aliphatic carbocycles. The Morgan fingerprint density at radius 2 is 1.25 bits per heavy atom. The molecule has 0 aromatic heterocycles. The van der Waals surface area contributed by atoms with E-state index in [1.807, 2.05) is 0 Å². The quantitative estimate of drug-likeness (QED) is 0.135. The molecule has 28 heavy (non-hydrogen) atoms. The van der Waals surface area contributed by atoms with Gasteiger partial charge >= 0.3 is 192 Å². The molecule has 0 fully saturated rings. The summed E-state index contributed by atoms with van der Waals surface area (Å²) in [7, 11) is 0. The molecule has 2 aromatic carbocycles. The molecule has 0 aliphatic heterocycles. The molecule has 2 aromatic rings. The van der Waals surface area contributed by atoms with Gasteiger partial charge in [-0.05, 0) is 0 Å². The molecule has 0 spiro atoms. The Kier molecular flexibility index (Phi) is 10.9. The monoisotopic (exact) mass is 528 g/mol. The van der Waals surface area contributed by atoms with Crippen molar-refractivity contribution in [1.29, 1.82) is 0 Å². The minimum atomic E-state index is -1.73. The summed E-state index contributed by atoms with van der Waals surface area (Å²) in [5.41, 5.74) is 3.00. The van der Waals surface area contributed by atoms with Crippen LogP contribution in [0.2, 0.25) is 0 Å². The Hall–Kier alpha value is -0.0500. The first-order valence-corrected chi connectivity index (χ1v) is 18.1. The third kappa shape index (κ3) is 9.63. The number of benzene rings is 2. The van der Waals surface area contributed by atoms with Gasteiger partial charge < -0.3 is 0 Å². The molecule has 0 amide bonds. The van der Waals surface area contributed by atoms with Crippen LogP contribution in [0, 0.1) is 0 Å². The van der Waals surface area contributed by atoms with E-state index in [4.69, 9.17) is 0 Å². The van der Waals surface area contributed by atoms with Crippen LogP contribution in [0.1, 0.15) is 43.7 Å². The summed E-state index contributed by atoms with van der Waals surface area (Å²) in [6, 6.07) is 22.2. The van der Waals surface area contributed by atoms with Gasteiger partial charge in [0.15, 0.2) is 0 Å². The molecule has 0 unspecified atom stereocenters. The van der Waals surface area contributed by atoms with Crippen LogP contribution in [0.25, 0.3) is 0 Å². The third-order valence-corrected chi connectivity index (χ3v) is 15.9. The van der Waals surface area contributed by atoms with Gasteiger partial charge in [0.2, 0.25) is 0 Å². The zero-order valence-corrected chi connectivity index (χ0v) is 21.7. The summed E-state index contributed by atoms with van der Waals surface area (Å²) in [6.07, 6.45) is 12.2. The van der Waals surface area contributed by atoms with Crippen molar-refractivity contribution >= 4 is 38.0 Å². The van der Waals surface area contributed by atoms with E-state index in [1.165, 1.54) is 79.6 Å². The van der Waals surface area contributed by atoms with Gasteiger partial charge in [-0.1, -0.05) is 0 Å². The number of hydrogen-bond acceptors (Lipinski definition) is 1. The Morgan fingerprint density at radius 3 is 1.75 bits per heavy atom. The summed E-state index contributed by atoms with van der Waals surface area (Å²) in [5.74, 6) is 2.69. The average Bonchev–Trinajstić information content (AvgIpc) is 2.72. The van der Waals surface area contributed by atoms with Crippen LogP contribution in [0.4, 0.5) is 0 Å². The van der Waals surface area contributed by atoms with E-state index < -0.39 is 4.25 Å². The molecule has 0 atom stereocenters. The standard InChI is InChI=1S/C25H38IPS/c1-3-4-5-12-22-28-23-21-27(2,26,19-17-24-13-8-6-9-14-24)20-18-25-15-10-7-11-16-25/h6-11,13-16H,3-5,12,17-23H2,1-2H3. The molecular weight excluding hydrogens is 490 g/mol. The summed E-state index contributed by atoms with van der Waals surface area (Å²) < 4.78 is -1.73. The van der Waals surface area contributed by atoms with Gasteiger partial charge in [0.1, 0.15) is 0 Å². The predicted octanol–water partition coefficient (Wildman–Crippen LogP) is 8.32. The second kappa shape index (κ2) is 12.6. The van der Waals surface area contributed by atoms with Crippen molar-refractivity contribution in [3.63, 3.8) is 0 Å². The molecule has 3 heteroatoms. The van der Waals surface area contributed by atoms with Gasteiger partial charge in [-0.3, -0.25) is 0 Å². The summed E-state index contributed by atoms with van der Waals surface area (Å²) in [5, 5.41) is 0. The molecule has 0 radical (unpaired) electrons. The van der Waals surface area contributed by atoms with E-state index in [0.29, 0.717) is 0 Å². The van der Waals surface area contributed by atoms with Gasteiger partial charge in [-0.25, -0.2) is 0 Å². The van der Waals surface area contributed by atoms with Gasteiger partial charge in [-0.2, -0.15) is 0 Å². The minimum absolute atomic E-state index is 1.23. The van der Waals surface area contributed by atoms with Crippen molar-refractivity contribution in [2.24, 2.45) is 0 Å². The van der Waals surface area contributed by atoms with Crippen molar-refractivity contribution in [1.82, 2.24) is 0 Å². The number of thioether (sulfide) groups is 1. The van der Waals surface area contributed by atoms with Gasteiger partial charge in [-0.15, -0.1) is 0 Å². The Morgan fingerprint density at radius 1 is 0.714 bits per heavy atom. The Balaban J connectivity index is 1.92. The van der Waals surface area contributed by atoms with Gasteiger partial charge in [0.05, 0.1) is 0 Å². The maximum absolute atomic E-state index is 2.95. The molecule has 0 saturated heterocycles. The van der Waals surface area contributed by atoms with Crippen LogP contribution in [0.15, 0.2) is 60.7 Å². The molecular formula is C25H38IPS. The van der Waals surface area contributed by atoms with Gasteiger partial charge in [0.25, 0.3) is 0 Å². The Bertz CT molecular complexity index is 609. The van der Waals surface area contributed by atoms with E-state index in [9.17, 15) is 0 Å². The number of halogens is 1. The van der Waals surface area contributed by atoms with Crippen LogP contribution in [0.5, 0.6) is 0 Å². The van der Waals surface area contributed by atoms with Gasteiger partial charge in [0, 0.05) is 0 Å². The van der Waals surface area contributed by atoms with Crippen molar-refractivity contribution < 1.29 is 0 Å². The predicted molar refractivity (Wildman–Crippen MR) is 143 cm³/mol. The van der Waals surface area contributed by atoms with Crippen molar-refractivity contribution in [2.75, 3.05) is 36.7 Å². The number of rotatable bonds is 14. The third-order valence-electron chi connectivity index (χ3n) is 5.74. The van der Waals surface area contributed by atoms with E-state index in [-0.39, 0.29) is 0 Å². The molecule has 0 aliphatic rings. The zero-order valence-electron chi connectivity index (χ0n) is 17.8. The first-order valence-electron chi connectivity index (χ1n) is 10.9. The molecule has 0 bridgehead atoms. The molecule has 0 N–H and O–H groups in total. The van der Waals surface area contributed by atoms with E-state index in [1.54, 1.807) is 0 Å². The second-order valence-electron chi connectivity index (χ2n) is 8.46. The zero-order chi connectivity index (χ0) is 20.2. The van der Waals surface area contributed by atoms with Crippen LogP contribution < -0.4 is 0 Å². The molecule has 0 saturated carbocycles. The SMILES string of the molecule is CCCCCCSCCP(C)(I)(CCc1ccccc1)CCc1ccccc1. The summed E-state index contributed by atoms with van der Waals surface area (Å²) >= 11 is 5.15. The molecule has 2 rings (SSSR count). The molecule has 156 valence electrons. The van der Waals surface area contributed by atoms with Crippen molar-refractivity contribution in [3.05, 3.63) is 71.8 Å². The van der Waals surface area contributed by atoms with Crippen LogP contribution >= 0.6 is 38.0 Å². The fourth-order valence-corrected chi connectivity index (χ4v) is 12.4. The van der Waals surface area contributed by atoms with Crippen molar-refractivity contribution in [3.8, 4) is 0 Å². The summed E-state index contributed by atoms with van der Waals surface area (Å²) in [4.78, 5) is 0. The Labute approximate surface area is 191 Å². The van der Waals surface area contributed by atoms with Crippen LogP contribution in [-0.2, 0) is 12.8 Å². The fourth-order valence-electron chi connectivity index (χ4n) is 3.56. The normalized spacial score (nSPS) is 13.2. The maximum atomic E-state index is 2.95. The van der Waals surface area contributed by atoms with E-state index in [2.05, 4.69) is 108 Å². The second-order valence-corrected chi connectivity index (χ2v) is 24.4. The van der Waals surface area contributed by atoms with Crippen molar-refractivity contribution in [2.45, 2.75) is 45.4 Å². The van der Waals surface area contributed by atoms with Crippen LogP contribution in [-0.4, -0.2) is 36.7 Å². The fraction of sp³-hybridized carbons (Fsp3) is 0.520.